The van der Waals surface area contributed by atoms with Gasteiger partial charge in [0, 0.05) is 17.9 Å². The predicted molar refractivity (Wildman–Crippen MR) is 113 cm³/mol. The summed E-state index contributed by atoms with van der Waals surface area (Å²) in [5.41, 5.74) is -4.16. The number of carbonyl (C=O) groups is 1. The highest BCUT2D eigenvalue weighted by Gasteiger charge is 2.37. The van der Waals surface area contributed by atoms with Crippen LogP contribution in [-0.2, 0) is 26.6 Å². The van der Waals surface area contributed by atoms with Gasteiger partial charge < -0.3 is 14.7 Å². The number of carbonyl (C=O) groups excluding carboxylic acids is 1. The average Bonchev–Trinajstić information content (AvgIpc) is 3.30. The van der Waals surface area contributed by atoms with Gasteiger partial charge >= 0.3 is 6.18 Å². The van der Waals surface area contributed by atoms with Crippen LogP contribution in [0, 0.1) is 11.6 Å². The number of fused-ring (bicyclic) bond motifs is 1. The lowest BCUT2D eigenvalue weighted by Gasteiger charge is -2.13. The lowest BCUT2D eigenvalue weighted by molar-refractivity contribution is -0.138. The van der Waals surface area contributed by atoms with Crippen molar-refractivity contribution in [3.63, 3.8) is 0 Å². The Kier molecular flexibility index (Phi) is 5.82. The van der Waals surface area contributed by atoms with Crippen LogP contribution < -0.4 is 5.32 Å². The van der Waals surface area contributed by atoms with Crippen LogP contribution in [0.3, 0.4) is 0 Å². The quantitative estimate of drug-likeness (QED) is 0.498. The SMILES string of the molecule is CC1(C)CC(S(=O)(=O)Cc2noc3cc(F)c(NC(=O)c4ccc(F)cc4C(F)(F)F)cc23)=NO1. The van der Waals surface area contributed by atoms with E-state index in [9.17, 15) is 35.2 Å². The van der Waals surface area contributed by atoms with Crippen LogP contribution in [0.5, 0.6) is 0 Å². The van der Waals surface area contributed by atoms with E-state index in [2.05, 4.69) is 10.3 Å². The fourth-order valence-corrected chi connectivity index (χ4v) is 4.83. The summed E-state index contributed by atoms with van der Waals surface area (Å²) in [7, 11) is -4.00. The van der Waals surface area contributed by atoms with E-state index in [0.717, 1.165) is 12.1 Å². The van der Waals surface area contributed by atoms with E-state index in [1.807, 2.05) is 5.32 Å². The molecule has 14 heteroatoms. The molecular weight excluding hydrogens is 501 g/mol. The zero-order valence-electron chi connectivity index (χ0n) is 18.0. The number of benzene rings is 2. The van der Waals surface area contributed by atoms with E-state index in [4.69, 9.17) is 9.36 Å². The van der Waals surface area contributed by atoms with Gasteiger partial charge in [-0.05, 0) is 38.1 Å². The minimum Gasteiger partial charge on any atom is -0.389 e. The van der Waals surface area contributed by atoms with Crippen molar-refractivity contribution in [1.29, 1.82) is 0 Å². The van der Waals surface area contributed by atoms with Gasteiger partial charge in [0.15, 0.2) is 16.4 Å². The third kappa shape index (κ3) is 4.97. The van der Waals surface area contributed by atoms with Crippen LogP contribution in [0.4, 0.5) is 27.6 Å². The molecule has 8 nitrogen and oxygen atoms in total. The van der Waals surface area contributed by atoms with Crippen molar-refractivity contribution < 1.29 is 44.5 Å². The fourth-order valence-electron chi connectivity index (χ4n) is 3.38. The van der Waals surface area contributed by atoms with Crippen LogP contribution in [0.1, 0.15) is 41.9 Å². The van der Waals surface area contributed by atoms with Crippen molar-refractivity contribution in [2.24, 2.45) is 5.16 Å². The van der Waals surface area contributed by atoms with Gasteiger partial charge in [0.05, 0.1) is 16.8 Å². The summed E-state index contributed by atoms with van der Waals surface area (Å²) in [6, 6.07) is 3.20. The number of hydrogen-bond donors (Lipinski definition) is 1. The molecule has 0 fully saturated rings. The molecule has 186 valence electrons. The Morgan fingerprint density at radius 3 is 2.51 bits per heavy atom. The van der Waals surface area contributed by atoms with E-state index in [1.54, 1.807) is 13.8 Å². The Morgan fingerprint density at radius 1 is 1.17 bits per heavy atom. The smallest absolute Gasteiger partial charge is 0.389 e. The molecule has 1 N–H and O–H groups in total. The first-order valence-electron chi connectivity index (χ1n) is 9.90. The standard InChI is InChI=1S/C21H16F5N3O5S/c1-20(2)8-18(29-34-20)35(31,32)9-16-12-6-15(14(23)7-17(12)33-28-16)27-19(30)11-4-3-10(22)5-13(11)21(24,25)26/h3-7H,8-9H2,1-2H3,(H,27,30). The molecule has 2 heterocycles. The zero-order chi connectivity index (χ0) is 25.8. The molecule has 4 rings (SSSR count). The van der Waals surface area contributed by atoms with Crippen molar-refractivity contribution in [3.8, 4) is 0 Å². The number of anilines is 1. The maximum Gasteiger partial charge on any atom is 0.417 e. The Bertz CT molecular complexity index is 1480. The number of aromatic nitrogens is 1. The minimum atomic E-state index is -5.05. The Hall–Kier alpha value is -3.55. The Morgan fingerprint density at radius 2 is 1.89 bits per heavy atom. The topological polar surface area (TPSA) is 111 Å². The van der Waals surface area contributed by atoms with Gasteiger partial charge in [-0.1, -0.05) is 10.3 Å². The molecule has 0 saturated carbocycles. The summed E-state index contributed by atoms with van der Waals surface area (Å²) in [6.45, 7) is 3.29. The summed E-state index contributed by atoms with van der Waals surface area (Å²) in [5.74, 6) is -4.34. The molecule has 35 heavy (non-hydrogen) atoms. The maximum atomic E-state index is 14.5. The lowest BCUT2D eigenvalue weighted by Crippen LogP contribution is -2.23. The molecule has 0 aliphatic carbocycles. The maximum absolute atomic E-state index is 14.5. The first kappa shape index (κ1) is 24.6. The molecule has 0 bridgehead atoms. The van der Waals surface area contributed by atoms with E-state index < -0.39 is 61.7 Å². The van der Waals surface area contributed by atoms with Gasteiger partial charge in [-0.3, -0.25) is 4.79 Å². The minimum absolute atomic E-state index is 0.000739. The molecule has 1 amide bonds. The first-order valence-corrected chi connectivity index (χ1v) is 11.6. The van der Waals surface area contributed by atoms with Gasteiger partial charge in [0.2, 0.25) is 9.84 Å². The molecule has 0 saturated heterocycles. The van der Waals surface area contributed by atoms with E-state index in [0.29, 0.717) is 12.1 Å². The summed E-state index contributed by atoms with van der Waals surface area (Å²) in [6.07, 6.45) is -5.03. The number of alkyl halides is 3. The number of rotatable bonds is 4. The molecule has 0 radical (unpaired) electrons. The Balaban J connectivity index is 1.66. The average molecular weight is 517 g/mol. The second kappa shape index (κ2) is 8.29. The highest BCUT2D eigenvalue weighted by molar-refractivity contribution is 8.05. The molecule has 0 unspecified atom stereocenters. The van der Waals surface area contributed by atoms with Crippen LogP contribution in [0.15, 0.2) is 40.0 Å². The number of amides is 1. The number of hydrogen-bond acceptors (Lipinski definition) is 7. The van der Waals surface area contributed by atoms with Gasteiger partial charge in [-0.2, -0.15) is 13.2 Å². The van der Waals surface area contributed by atoms with E-state index in [-0.39, 0.29) is 34.2 Å². The van der Waals surface area contributed by atoms with Gasteiger partial charge in [0.1, 0.15) is 22.9 Å². The van der Waals surface area contributed by atoms with E-state index in [1.165, 1.54) is 0 Å². The van der Waals surface area contributed by atoms with Crippen molar-refractivity contribution in [2.45, 2.75) is 37.8 Å². The third-order valence-electron chi connectivity index (χ3n) is 5.07. The molecule has 3 aromatic rings. The second-order valence-corrected chi connectivity index (χ2v) is 10.4. The van der Waals surface area contributed by atoms with Crippen LogP contribution in [-0.4, -0.2) is 30.1 Å². The molecule has 1 aromatic heterocycles. The third-order valence-corrected chi connectivity index (χ3v) is 6.66. The predicted octanol–water partition coefficient (Wildman–Crippen LogP) is 4.80. The van der Waals surface area contributed by atoms with Gasteiger partial charge in [-0.25, -0.2) is 17.2 Å². The zero-order valence-corrected chi connectivity index (χ0v) is 18.9. The van der Waals surface area contributed by atoms with Crippen molar-refractivity contribution in [1.82, 2.24) is 5.16 Å². The first-order chi connectivity index (χ1) is 16.2. The van der Waals surface area contributed by atoms with Gasteiger partial charge in [-0.15, -0.1) is 0 Å². The molecular formula is C21H16F5N3O5S. The van der Waals surface area contributed by atoms with E-state index >= 15 is 0 Å². The lowest BCUT2D eigenvalue weighted by atomic mass is 10.1. The molecule has 2 aromatic carbocycles. The van der Waals surface area contributed by atoms with Crippen LogP contribution in [0.25, 0.3) is 11.0 Å². The summed E-state index contributed by atoms with van der Waals surface area (Å²) < 4.78 is 98.0. The second-order valence-electron chi connectivity index (χ2n) is 8.37. The highest BCUT2D eigenvalue weighted by atomic mass is 32.2. The summed E-state index contributed by atoms with van der Waals surface area (Å²) in [5, 5.41) is 9.02. The summed E-state index contributed by atoms with van der Waals surface area (Å²) >= 11 is 0. The molecule has 1 aliphatic rings. The summed E-state index contributed by atoms with van der Waals surface area (Å²) in [4.78, 5) is 17.6. The van der Waals surface area contributed by atoms with Crippen LogP contribution >= 0.6 is 0 Å². The van der Waals surface area contributed by atoms with Crippen molar-refractivity contribution >= 4 is 37.4 Å². The van der Waals surface area contributed by atoms with Crippen molar-refractivity contribution in [2.75, 3.05) is 5.32 Å². The molecule has 1 aliphatic heterocycles. The fraction of sp³-hybridized carbons (Fsp3) is 0.286. The largest absolute Gasteiger partial charge is 0.417 e. The molecule has 0 spiro atoms. The number of oxime groups is 1. The van der Waals surface area contributed by atoms with Crippen LogP contribution in [0.2, 0.25) is 0 Å². The Labute approximate surface area is 194 Å². The number of halogens is 5. The number of nitrogens with one attached hydrogen (secondary N) is 1. The normalized spacial score (nSPS) is 15.7. The molecule has 0 atom stereocenters. The van der Waals surface area contributed by atoms with Gasteiger partial charge in [0.25, 0.3) is 5.91 Å². The monoisotopic (exact) mass is 517 g/mol. The number of sulfone groups is 1. The van der Waals surface area contributed by atoms with Crippen molar-refractivity contribution in [3.05, 3.63) is 58.8 Å². The highest BCUT2D eigenvalue weighted by Crippen LogP contribution is 2.34. The number of nitrogens with zero attached hydrogens (tertiary/aromatic N) is 2.